The van der Waals surface area contributed by atoms with E-state index in [4.69, 9.17) is 4.74 Å². The zero-order valence-electron chi connectivity index (χ0n) is 29.9. The lowest BCUT2D eigenvalue weighted by molar-refractivity contribution is -0.139. The van der Waals surface area contributed by atoms with Gasteiger partial charge in [0.05, 0.1) is 40.2 Å². The second-order valence-corrected chi connectivity index (χ2v) is 14.7. The van der Waals surface area contributed by atoms with E-state index in [1.165, 1.54) is 66.7 Å². The highest BCUT2D eigenvalue weighted by molar-refractivity contribution is 7.92. The highest BCUT2D eigenvalue weighted by Gasteiger charge is 2.26. The van der Waals surface area contributed by atoms with Gasteiger partial charge in [-0.25, -0.2) is 27.9 Å². The summed E-state index contributed by atoms with van der Waals surface area (Å²) in [7, 11) is -3.06. The van der Waals surface area contributed by atoms with Crippen molar-refractivity contribution in [2.75, 3.05) is 17.9 Å². The van der Waals surface area contributed by atoms with E-state index in [9.17, 15) is 32.7 Å². The van der Waals surface area contributed by atoms with Crippen LogP contribution in [0.25, 0.3) is 27.7 Å². The van der Waals surface area contributed by atoms with Gasteiger partial charge < -0.3 is 15.2 Å². The van der Waals surface area contributed by atoms with Crippen molar-refractivity contribution >= 4 is 38.5 Å². The number of halogens is 2. The highest BCUT2D eigenvalue weighted by atomic mass is 32.2. The van der Waals surface area contributed by atoms with Crippen molar-refractivity contribution in [2.45, 2.75) is 36.2 Å². The average Bonchev–Trinajstić information content (AvgIpc) is 3.22. The normalized spacial score (nSPS) is 13.9. The fourth-order valence-corrected chi connectivity index (χ4v) is 7.38. The third kappa shape index (κ3) is 8.01. The topological polar surface area (TPSA) is 217 Å². The molecule has 6 aromatic rings. The van der Waals surface area contributed by atoms with E-state index in [-0.39, 0.29) is 22.7 Å². The predicted molar refractivity (Wildman–Crippen MR) is 200 cm³/mol. The van der Waals surface area contributed by atoms with Crippen LogP contribution >= 0.6 is 0 Å². The first-order chi connectivity index (χ1) is 27.3. The van der Waals surface area contributed by atoms with Crippen LogP contribution in [0.1, 0.15) is 40.5 Å². The first-order valence-electron chi connectivity index (χ1n) is 17.4. The zero-order valence-corrected chi connectivity index (χ0v) is 30.7. The van der Waals surface area contributed by atoms with Crippen molar-refractivity contribution in [1.82, 2.24) is 34.4 Å². The number of aryl methyl sites for hydroxylation is 1. The number of sulfonamides is 1. The van der Waals surface area contributed by atoms with Gasteiger partial charge >= 0.3 is 11.7 Å². The highest BCUT2D eigenvalue weighted by Crippen LogP contribution is 2.29. The molecular formula is C38H32F2N8O8S. The molecule has 0 bridgehead atoms. The van der Waals surface area contributed by atoms with Crippen molar-refractivity contribution in [3.05, 3.63) is 135 Å². The van der Waals surface area contributed by atoms with Crippen molar-refractivity contribution < 1.29 is 36.6 Å². The third-order valence-corrected chi connectivity index (χ3v) is 10.7. The molecule has 292 valence electrons. The zero-order chi connectivity index (χ0) is 40.4. The molecule has 0 radical (unpaired) electrons. The Bertz CT molecular complexity index is 2760. The van der Waals surface area contributed by atoms with E-state index in [0.29, 0.717) is 36.4 Å². The number of hydrogen-bond donors (Lipinski definition) is 3. The van der Waals surface area contributed by atoms with Crippen LogP contribution in [0.3, 0.4) is 0 Å². The van der Waals surface area contributed by atoms with Crippen LogP contribution in [-0.4, -0.2) is 73.7 Å². The Labute approximate surface area is 321 Å². The molecule has 5 aromatic heterocycles. The summed E-state index contributed by atoms with van der Waals surface area (Å²) in [6.07, 6.45) is 8.19. The molecule has 1 atom stereocenters. The maximum atomic E-state index is 15.2. The minimum absolute atomic E-state index is 0.0877. The number of carboxylic acid groups (broad SMARTS) is 1. The van der Waals surface area contributed by atoms with Crippen molar-refractivity contribution in [1.29, 1.82) is 0 Å². The van der Waals surface area contributed by atoms with Crippen LogP contribution in [0.4, 0.5) is 14.5 Å². The number of rotatable bonds is 11. The largest absolute Gasteiger partial charge is 0.480 e. The molecule has 1 unspecified atom stereocenters. The van der Waals surface area contributed by atoms with Gasteiger partial charge in [0, 0.05) is 74.2 Å². The fourth-order valence-electron chi connectivity index (χ4n) is 6.39. The Morgan fingerprint density at radius 3 is 2.42 bits per heavy atom. The molecule has 1 aliphatic heterocycles. The molecule has 1 amide bonds. The molecule has 57 heavy (non-hydrogen) atoms. The van der Waals surface area contributed by atoms with Gasteiger partial charge in [-0.15, -0.1) is 0 Å². The van der Waals surface area contributed by atoms with Gasteiger partial charge in [-0.05, 0) is 66.9 Å². The van der Waals surface area contributed by atoms with E-state index in [1.807, 2.05) is 10.8 Å². The minimum atomic E-state index is -4.53. The summed E-state index contributed by atoms with van der Waals surface area (Å²) < 4.78 is 66.2. The quantitative estimate of drug-likeness (QED) is 0.172. The number of aliphatic carboxylic acids is 1. The maximum Gasteiger partial charge on any atom is 0.335 e. The van der Waals surface area contributed by atoms with Gasteiger partial charge in [-0.1, -0.05) is 0 Å². The van der Waals surface area contributed by atoms with Crippen LogP contribution in [0.15, 0.2) is 100 Å². The molecule has 1 fully saturated rings. The number of anilines is 1. The Morgan fingerprint density at radius 1 is 0.930 bits per heavy atom. The molecule has 1 aromatic carbocycles. The van der Waals surface area contributed by atoms with E-state index in [1.54, 1.807) is 12.3 Å². The molecular weight excluding hydrogens is 767 g/mol. The number of carbonyl (C=O) groups is 2. The number of amides is 1. The number of carbonyl (C=O) groups excluding carboxylic acids is 1. The molecule has 3 N–H and O–H groups in total. The number of nitrogens with zero attached hydrogens (tertiary/aromatic N) is 6. The van der Waals surface area contributed by atoms with E-state index in [0.717, 1.165) is 28.7 Å². The summed E-state index contributed by atoms with van der Waals surface area (Å²) in [5.41, 5.74) is -0.243. The van der Waals surface area contributed by atoms with Gasteiger partial charge in [-0.2, -0.15) is 8.42 Å². The summed E-state index contributed by atoms with van der Waals surface area (Å²) in [5.74, 6) is -5.28. The van der Waals surface area contributed by atoms with Crippen molar-refractivity contribution in [2.24, 2.45) is 7.05 Å². The maximum absolute atomic E-state index is 15.2. The minimum Gasteiger partial charge on any atom is -0.480 e. The fraction of sp³-hybridized carbons (Fsp3) is 0.211. The lowest BCUT2D eigenvalue weighted by Gasteiger charge is -2.21. The molecule has 0 saturated carbocycles. The lowest BCUT2D eigenvalue weighted by atomic mass is 9.94. The van der Waals surface area contributed by atoms with Crippen molar-refractivity contribution in [3.63, 3.8) is 0 Å². The van der Waals surface area contributed by atoms with E-state index < -0.39 is 73.5 Å². The standard InChI is InChI=1S/C38H32F2N8O8S/c1-47-33-20-41-10-7-26(33)36(50)48(38(47)53)25-4-3-24(43-19-25)15-32(37(51)52)45-35(49)27-16-29(40)31(17-28(27)39)46-57(54,55)34-5-2-23(18-44-34)22-6-11-42-30(14-22)21-8-12-56-13-9-21/h2-7,10-11,14,16-21,32,46H,8-9,12-13,15H2,1H3,(H,45,49)(H,51,52). The second kappa shape index (κ2) is 15.8. The summed E-state index contributed by atoms with van der Waals surface area (Å²) >= 11 is 0. The number of nitrogens with one attached hydrogen (secondary N) is 2. The van der Waals surface area contributed by atoms with Gasteiger partial charge in [0.1, 0.15) is 17.7 Å². The number of hydrogen-bond acceptors (Lipinski definition) is 11. The predicted octanol–water partition coefficient (Wildman–Crippen LogP) is 3.34. The molecule has 16 nitrogen and oxygen atoms in total. The Kier molecular flexibility index (Phi) is 10.7. The van der Waals surface area contributed by atoms with Crippen LogP contribution in [0.5, 0.6) is 0 Å². The Balaban J connectivity index is 1.03. The van der Waals surface area contributed by atoms with E-state index >= 15 is 8.78 Å². The molecule has 19 heteroatoms. The Hall–Kier alpha value is -6.73. The third-order valence-electron chi connectivity index (χ3n) is 9.47. The Morgan fingerprint density at radius 2 is 1.72 bits per heavy atom. The molecule has 1 aliphatic rings. The second-order valence-electron chi connectivity index (χ2n) is 13.1. The first-order valence-corrected chi connectivity index (χ1v) is 18.9. The molecule has 6 heterocycles. The van der Waals surface area contributed by atoms with Crippen molar-refractivity contribution in [3.8, 4) is 16.8 Å². The average molecular weight is 799 g/mol. The molecule has 0 aliphatic carbocycles. The molecule has 0 spiro atoms. The number of aromatic nitrogens is 6. The van der Waals surface area contributed by atoms with Crippen LogP contribution in [-0.2, 0) is 33.0 Å². The smallest absolute Gasteiger partial charge is 0.335 e. The van der Waals surface area contributed by atoms with Gasteiger partial charge in [-0.3, -0.25) is 33.8 Å². The number of fused-ring (bicyclic) bond motifs is 1. The number of pyridine rings is 4. The lowest BCUT2D eigenvalue weighted by Crippen LogP contribution is -2.42. The van der Waals surface area contributed by atoms with Crippen LogP contribution < -0.4 is 21.3 Å². The summed E-state index contributed by atoms with van der Waals surface area (Å²) in [6.45, 7) is 1.28. The van der Waals surface area contributed by atoms with Crippen LogP contribution in [0.2, 0.25) is 0 Å². The van der Waals surface area contributed by atoms with Gasteiger partial charge in [0.2, 0.25) is 0 Å². The number of carboxylic acids is 1. The molecule has 7 rings (SSSR count). The number of benzene rings is 1. The van der Waals surface area contributed by atoms with Crippen LogP contribution in [0, 0.1) is 11.6 Å². The van der Waals surface area contributed by atoms with Gasteiger partial charge in [0.15, 0.2) is 5.03 Å². The summed E-state index contributed by atoms with van der Waals surface area (Å²) in [4.78, 5) is 67.7. The van der Waals surface area contributed by atoms with E-state index in [2.05, 4.69) is 25.3 Å². The summed E-state index contributed by atoms with van der Waals surface area (Å²) in [6, 6.07) is 9.76. The first kappa shape index (κ1) is 38.5. The monoisotopic (exact) mass is 798 g/mol. The van der Waals surface area contributed by atoms with Gasteiger partial charge in [0.25, 0.3) is 21.5 Å². The molecule has 1 saturated heterocycles. The number of ether oxygens (including phenoxy) is 1. The SMILES string of the molecule is Cn1c(=O)n(-c2ccc(CC(NC(=O)c3cc(F)c(NS(=O)(=O)c4ccc(-c5ccnc(C6CCOCC6)c5)cn4)cc3F)C(=O)O)nc2)c(=O)c2ccncc21. The summed E-state index contributed by atoms with van der Waals surface area (Å²) in [5, 5.41) is 11.7.